The number of rotatable bonds is 13. The third-order valence-corrected chi connectivity index (χ3v) is 4.38. The maximum Gasteiger partial charge on any atom is 0.332 e. The third-order valence-electron chi connectivity index (χ3n) is 3.31. The van der Waals surface area contributed by atoms with E-state index in [-0.39, 0.29) is 6.61 Å². The highest BCUT2D eigenvalue weighted by Gasteiger charge is 2.35. The summed E-state index contributed by atoms with van der Waals surface area (Å²) in [6.45, 7) is 3.87. The van der Waals surface area contributed by atoms with E-state index in [0.29, 0.717) is 6.42 Å². The summed E-state index contributed by atoms with van der Waals surface area (Å²) in [5.74, 6) is -2.08. The van der Waals surface area contributed by atoms with E-state index >= 15 is 0 Å². The first-order valence-corrected chi connectivity index (χ1v) is 9.76. The van der Waals surface area contributed by atoms with E-state index < -0.39 is 33.7 Å². The monoisotopic (exact) mass is 364 g/mol. The fraction of sp³-hybridized carbons (Fsp3) is 0.750. The minimum atomic E-state index is -4.75. The van der Waals surface area contributed by atoms with Gasteiger partial charge in [0, 0.05) is 0 Å². The standard InChI is InChI=1S/C16H28O7S/c1-3-5-6-7-8-9-10-12-22-15(17)13-14(24(19,20)21)16(18)23-11-4-2/h4,11,14H,3,5-10,12-13H2,1-2H3,(H,19,20,21)/b11-4+. The molecule has 0 amide bonds. The van der Waals surface area contributed by atoms with Crippen LogP contribution < -0.4 is 0 Å². The summed E-state index contributed by atoms with van der Waals surface area (Å²) in [4.78, 5) is 23.2. The highest BCUT2D eigenvalue weighted by atomic mass is 32.2. The molecule has 0 aromatic rings. The molecule has 0 aliphatic rings. The largest absolute Gasteiger partial charge is 0.466 e. The summed E-state index contributed by atoms with van der Waals surface area (Å²) < 4.78 is 40.9. The first-order valence-electron chi connectivity index (χ1n) is 8.26. The molecule has 140 valence electrons. The summed E-state index contributed by atoms with van der Waals surface area (Å²) in [7, 11) is -4.75. The molecule has 0 spiro atoms. The van der Waals surface area contributed by atoms with Gasteiger partial charge in [0.05, 0.1) is 19.3 Å². The van der Waals surface area contributed by atoms with Crippen LogP contribution in [0.3, 0.4) is 0 Å². The van der Waals surface area contributed by atoms with Crippen molar-refractivity contribution in [1.82, 2.24) is 0 Å². The molecule has 0 radical (unpaired) electrons. The van der Waals surface area contributed by atoms with E-state index in [1.807, 2.05) is 0 Å². The molecule has 7 nitrogen and oxygen atoms in total. The Morgan fingerprint density at radius 2 is 1.67 bits per heavy atom. The average molecular weight is 364 g/mol. The first-order chi connectivity index (χ1) is 11.3. The van der Waals surface area contributed by atoms with Crippen LogP contribution in [0.5, 0.6) is 0 Å². The molecule has 0 aromatic heterocycles. The Balaban J connectivity index is 4.14. The van der Waals surface area contributed by atoms with Crippen LogP contribution >= 0.6 is 0 Å². The second kappa shape index (κ2) is 12.9. The summed E-state index contributed by atoms with van der Waals surface area (Å²) in [6.07, 6.45) is 8.97. The first kappa shape index (κ1) is 22.6. The third kappa shape index (κ3) is 11.2. The molecule has 0 aliphatic carbocycles. The molecule has 0 aromatic carbocycles. The van der Waals surface area contributed by atoms with Gasteiger partial charge in [0.15, 0.2) is 5.25 Å². The topological polar surface area (TPSA) is 107 Å². The molecule has 0 rings (SSSR count). The number of carbonyl (C=O) groups excluding carboxylic acids is 2. The van der Waals surface area contributed by atoms with Crippen molar-refractivity contribution in [2.45, 2.75) is 70.5 Å². The van der Waals surface area contributed by atoms with Crippen molar-refractivity contribution >= 4 is 22.1 Å². The minimum Gasteiger partial charge on any atom is -0.466 e. The van der Waals surface area contributed by atoms with Crippen molar-refractivity contribution in [1.29, 1.82) is 0 Å². The summed E-state index contributed by atoms with van der Waals surface area (Å²) in [5, 5.41) is -1.98. The van der Waals surface area contributed by atoms with Crippen molar-refractivity contribution in [3.63, 3.8) is 0 Å². The van der Waals surface area contributed by atoms with Gasteiger partial charge in [0.25, 0.3) is 10.1 Å². The molecule has 0 heterocycles. The van der Waals surface area contributed by atoms with E-state index in [1.165, 1.54) is 25.3 Å². The van der Waals surface area contributed by atoms with Gasteiger partial charge in [0.2, 0.25) is 0 Å². The van der Waals surface area contributed by atoms with Gasteiger partial charge in [-0.3, -0.25) is 14.1 Å². The Morgan fingerprint density at radius 3 is 2.21 bits per heavy atom. The van der Waals surface area contributed by atoms with Gasteiger partial charge < -0.3 is 9.47 Å². The number of allylic oxidation sites excluding steroid dienone is 1. The van der Waals surface area contributed by atoms with Crippen LogP contribution in [0.2, 0.25) is 0 Å². The maximum atomic E-state index is 11.6. The number of esters is 2. The smallest absolute Gasteiger partial charge is 0.332 e. The molecule has 0 saturated heterocycles. The van der Waals surface area contributed by atoms with Crippen molar-refractivity contribution in [3.8, 4) is 0 Å². The lowest BCUT2D eigenvalue weighted by Crippen LogP contribution is -2.33. The van der Waals surface area contributed by atoms with Crippen LogP contribution in [-0.2, 0) is 29.2 Å². The van der Waals surface area contributed by atoms with Crippen molar-refractivity contribution in [2.75, 3.05) is 6.61 Å². The van der Waals surface area contributed by atoms with Crippen LogP contribution in [0.1, 0.15) is 65.2 Å². The molecule has 1 N–H and O–H groups in total. The Labute approximate surface area is 144 Å². The lowest BCUT2D eigenvalue weighted by molar-refractivity contribution is -0.147. The molecule has 0 saturated carbocycles. The predicted molar refractivity (Wildman–Crippen MR) is 89.8 cm³/mol. The number of hydrogen-bond donors (Lipinski definition) is 1. The summed E-state index contributed by atoms with van der Waals surface area (Å²) in [5.41, 5.74) is 0. The van der Waals surface area contributed by atoms with Crippen LogP contribution in [0.15, 0.2) is 12.3 Å². The van der Waals surface area contributed by atoms with Gasteiger partial charge >= 0.3 is 11.9 Å². The van der Waals surface area contributed by atoms with E-state index in [1.54, 1.807) is 6.92 Å². The highest BCUT2D eigenvalue weighted by molar-refractivity contribution is 7.87. The number of unbranched alkanes of at least 4 members (excludes halogenated alkanes) is 6. The van der Waals surface area contributed by atoms with Crippen LogP contribution in [0, 0.1) is 0 Å². The normalized spacial score (nSPS) is 13.0. The Bertz CT molecular complexity index is 497. The van der Waals surface area contributed by atoms with Gasteiger partial charge in [0.1, 0.15) is 0 Å². The molecule has 1 atom stereocenters. The Hall–Kier alpha value is -1.41. The number of hydrogen-bond acceptors (Lipinski definition) is 6. The van der Waals surface area contributed by atoms with Crippen LogP contribution in [-0.4, -0.2) is 36.8 Å². The molecular weight excluding hydrogens is 336 g/mol. The van der Waals surface area contributed by atoms with Crippen molar-refractivity contribution in [3.05, 3.63) is 12.3 Å². The molecule has 0 aliphatic heterocycles. The number of ether oxygens (including phenoxy) is 2. The Kier molecular flexibility index (Phi) is 12.2. The zero-order valence-corrected chi connectivity index (χ0v) is 15.2. The zero-order chi connectivity index (χ0) is 18.4. The molecule has 1 unspecified atom stereocenters. The molecule has 24 heavy (non-hydrogen) atoms. The second-order valence-electron chi connectivity index (χ2n) is 5.46. The fourth-order valence-electron chi connectivity index (χ4n) is 1.98. The van der Waals surface area contributed by atoms with Gasteiger partial charge in [-0.15, -0.1) is 0 Å². The maximum absolute atomic E-state index is 11.6. The van der Waals surface area contributed by atoms with Gasteiger partial charge in [-0.05, 0) is 13.3 Å². The zero-order valence-electron chi connectivity index (χ0n) is 14.4. The summed E-state index contributed by atoms with van der Waals surface area (Å²) in [6, 6.07) is 0. The average Bonchev–Trinajstić information content (AvgIpc) is 2.51. The molecule has 8 heteroatoms. The summed E-state index contributed by atoms with van der Waals surface area (Å²) >= 11 is 0. The van der Waals surface area contributed by atoms with Gasteiger partial charge in [-0.1, -0.05) is 51.5 Å². The van der Waals surface area contributed by atoms with E-state index in [2.05, 4.69) is 11.7 Å². The fourth-order valence-corrected chi connectivity index (χ4v) is 2.62. The lowest BCUT2D eigenvalue weighted by Gasteiger charge is -2.11. The number of carbonyl (C=O) groups is 2. The molecule has 0 fully saturated rings. The second-order valence-corrected chi connectivity index (χ2v) is 7.05. The molecule has 0 bridgehead atoms. The lowest BCUT2D eigenvalue weighted by atomic mass is 10.1. The highest BCUT2D eigenvalue weighted by Crippen LogP contribution is 2.10. The van der Waals surface area contributed by atoms with Crippen LogP contribution in [0.25, 0.3) is 0 Å². The van der Waals surface area contributed by atoms with E-state index in [0.717, 1.165) is 25.5 Å². The van der Waals surface area contributed by atoms with Crippen LogP contribution in [0.4, 0.5) is 0 Å². The minimum absolute atomic E-state index is 0.161. The SMILES string of the molecule is C/C=C/OC(=O)C(CC(=O)OCCCCCCCCC)S(=O)(=O)O. The molecular formula is C16H28O7S. The van der Waals surface area contributed by atoms with E-state index in [9.17, 15) is 18.0 Å². The van der Waals surface area contributed by atoms with Gasteiger partial charge in [-0.25, -0.2) is 0 Å². The predicted octanol–water partition coefficient (Wildman–Crippen LogP) is 3.00. The van der Waals surface area contributed by atoms with Crippen molar-refractivity contribution in [2.24, 2.45) is 0 Å². The quantitative estimate of drug-likeness (QED) is 0.232. The van der Waals surface area contributed by atoms with Crippen molar-refractivity contribution < 1.29 is 32.0 Å². The van der Waals surface area contributed by atoms with E-state index in [4.69, 9.17) is 9.29 Å². The van der Waals surface area contributed by atoms with Gasteiger partial charge in [-0.2, -0.15) is 8.42 Å². The Morgan fingerprint density at radius 1 is 1.08 bits per heavy atom.